The minimum atomic E-state index is -3.54. The molecule has 1 heterocycles. The van der Waals surface area contributed by atoms with Gasteiger partial charge in [0.25, 0.3) is 5.91 Å². The van der Waals surface area contributed by atoms with Gasteiger partial charge in [-0.15, -0.1) is 0 Å². The van der Waals surface area contributed by atoms with E-state index in [4.69, 9.17) is 5.73 Å². The van der Waals surface area contributed by atoms with Gasteiger partial charge in [0, 0.05) is 5.41 Å². The summed E-state index contributed by atoms with van der Waals surface area (Å²) < 4.78 is 26.6. The van der Waals surface area contributed by atoms with E-state index in [1.54, 1.807) is 0 Å². The van der Waals surface area contributed by atoms with Crippen molar-refractivity contribution in [1.82, 2.24) is 4.31 Å². The van der Waals surface area contributed by atoms with Crippen LogP contribution in [0.1, 0.15) is 53.4 Å². The lowest BCUT2D eigenvalue weighted by Crippen LogP contribution is -2.50. The fourth-order valence-corrected chi connectivity index (χ4v) is 7.94. The number of sulfonamides is 1. The second-order valence-corrected chi connectivity index (χ2v) is 10.3. The van der Waals surface area contributed by atoms with Gasteiger partial charge in [0.1, 0.15) is 0 Å². The van der Waals surface area contributed by atoms with Crippen molar-refractivity contribution < 1.29 is 13.2 Å². The van der Waals surface area contributed by atoms with Gasteiger partial charge in [0.2, 0.25) is 10.0 Å². The van der Waals surface area contributed by atoms with Crippen LogP contribution in [0, 0.1) is 22.7 Å². The van der Waals surface area contributed by atoms with E-state index in [2.05, 4.69) is 13.8 Å². The molecular formula is C16H28N2O3S. The molecular weight excluding hydrogens is 300 g/mol. The highest BCUT2D eigenvalue weighted by Crippen LogP contribution is 2.69. The predicted molar refractivity (Wildman–Crippen MR) is 85.4 cm³/mol. The number of fused-ring (bicyclic) bond motifs is 1. The van der Waals surface area contributed by atoms with Crippen LogP contribution in [0.4, 0.5) is 0 Å². The van der Waals surface area contributed by atoms with Crippen LogP contribution >= 0.6 is 0 Å². The molecule has 4 atom stereocenters. The Hall–Kier alpha value is -0.620. The Morgan fingerprint density at radius 1 is 1.36 bits per heavy atom. The van der Waals surface area contributed by atoms with Crippen LogP contribution in [0.2, 0.25) is 0 Å². The first-order chi connectivity index (χ1) is 10.0. The topological polar surface area (TPSA) is 80.5 Å². The van der Waals surface area contributed by atoms with Crippen molar-refractivity contribution in [2.24, 2.45) is 28.4 Å². The summed E-state index contributed by atoms with van der Waals surface area (Å²) in [6.45, 7) is 8.35. The van der Waals surface area contributed by atoms with Crippen molar-refractivity contribution in [3.05, 3.63) is 0 Å². The van der Waals surface area contributed by atoms with Crippen LogP contribution in [-0.2, 0) is 14.8 Å². The van der Waals surface area contributed by atoms with Crippen molar-refractivity contribution in [2.45, 2.75) is 65.5 Å². The van der Waals surface area contributed by atoms with Gasteiger partial charge in [-0.1, -0.05) is 27.7 Å². The highest BCUT2D eigenvalue weighted by Gasteiger charge is 2.72. The zero-order valence-corrected chi connectivity index (χ0v) is 14.8. The van der Waals surface area contributed by atoms with E-state index in [1.165, 1.54) is 4.31 Å². The van der Waals surface area contributed by atoms with E-state index in [-0.39, 0.29) is 34.4 Å². The molecule has 6 heteroatoms. The molecule has 0 aromatic heterocycles. The maximum Gasteiger partial charge on any atom is 0.253 e. The molecule has 0 radical (unpaired) electrons. The maximum atomic E-state index is 12.7. The molecule has 3 aliphatic rings. The Labute approximate surface area is 133 Å². The molecule has 0 unspecified atom stereocenters. The first-order valence-electron chi connectivity index (χ1n) is 8.34. The third-order valence-corrected chi connectivity index (χ3v) is 8.58. The molecule has 2 bridgehead atoms. The molecule has 2 saturated carbocycles. The molecule has 3 rings (SSSR count). The van der Waals surface area contributed by atoms with E-state index < -0.39 is 16.1 Å². The highest BCUT2D eigenvalue weighted by molar-refractivity contribution is 7.90. The molecule has 0 aromatic rings. The molecule has 3 fully saturated rings. The summed E-state index contributed by atoms with van der Waals surface area (Å²) in [5.74, 6) is 0.520. The Bertz CT molecular complexity index is 599. The van der Waals surface area contributed by atoms with Crippen LogP contribution in [0.25, 0.3) is 0 Å². The quantitative estimate of drug-likeness (QED) is 0.855. The second-order valence-electron chi connectivity index (χ2n) is 8.49. The average molecular weight is 328 g/mol. The number of nitrogens with zero attached hydrogens (tertiary/aromatic N) is 1. The largest absolute Gasteiger partial charge is 0.320 e. The van der Waals surface area contributed by atoms with Gasteiger partial charge in [-0.3, -0.25) is 4.79 Å². The van der Waals surface area contributed by atoms with Gasteiger partial charge in [0.05, 0.1) is 17.8 Å². The van der Waals surface area contributed by atoms with Gasteiger partial charge in [-0.2, -0.15) is 0 Å². The number of hydrogen-bond acceptors (Lipinski definition) is 4. The normalized spacial score (nSPS) is 39.3. The minimum Gasteiger partial charge on any atom is -0.320 e. The molecule has 2 N–H and O–H groups in total. The summed E-state index contributed by atoms with van der Waals surface area (Å²) in [5.41, 5.74) is 5.74. The maximum absolute atomic E-state index is 12.7. The number of nitrogens with two attached hydrogens (primary N) is 1. The first-order valence-corrected chi connectivity index (χ1v) is 9.95. The third kappa shape index (κ3) is 1.92. The van der Waals surface area contributed by atoms with Crippen molar-refractivity contribution >= 4 is 15.9 Å². The zero-order valence-electron chi connectivity index (χ0n) is 14.0. The summed E-state index contributed by atoms with van der Waals surface area (Å²) in [4.78, 5) is 12.7. The van der Waals surface area contributed by atoms with Gasteiger partial charge in [-0.05, 0) is 42.9 Å². The van der Waals surface area contributed by atoms with Gasteiger partial charge in [-0.25, -0.2) is 12.7 Å². The third-order valence-electron chi connectivity index (χ3n) is 6.67. The standard InChI is InChI=1S/C16H28N2O3S/c1-10(2)7-12(17)14(19)18-13-8-11-5-6-16(13,15(11,3)4)9-22(18,20)21/h10-13H,5-9,17H2,1-4H3/t11-,12+,13-,16-/m0/s1. The second kappa shape index (κ2) is 4.69. The Kier molecular flexibility index (Phi) is 3.47. The molecule has 2 aliphatic carbocycles. The summed E-state index contributed by atoms with van der Waals surface area (Å²) in [6.07, 6.45) is 3.33. The van der Waals surface area contributed by atoms with Crippen molar-refractivity contribution in [3.8, 4) is 0 Å². The van der Waals surface area contributed by atoms with Crippen LogP contribution in [0.5, 0.6) is 0 Å². The number of rotatable bonds is 3. The number of hydrogen-bond donors (Lipinski definition) is 1. The lowest BCUT2D eigenvalue weighted by atomic mass is 9.69. The highest BCUT2D eigenvalue weighted by atomic mass is 32.2. The Morgan fingerprint density at radius 2 is 2.00 bits per heavy atom. The van der Waals surface area contributed by atoms with Crippen molar-refractivity contribution in [1.29, 1.82) is 0 Å². The zero-order chi connectivity index (χ0) is 16.5. The fourth-order valence-electron chi connectivity index (χ4n) is 5.35. The molecule has 5 nitrogen and oxygen atoms in total. The molecule has 126 valence electrons. The van der Waals surface area contributed by atoms with Gasteiger partial charge < -0.3 is 5.73 Å². The fraction of sp³-hybridized carbons (Fsp3) is 0.938. The molecule has 1 spiro atoms. The minimum absolute atomic E-state index is 0.0120. The lowest BCUT2D eigenvalue weighted by molar-refractivity contribution is -0.130. The van der Waals surface area contributed by atoms with Crippen LogP contribution in [-0.4, -0.2) is 36.5 Å². The summed E-state index contributed by atoms with van der Waals surface area (Å²) in [5, 5.41) is 0. The lowest BCUT2D eigenvalue weighted by Gasteiger charge is -2.37. The first kappa shape index (κ1) is 16.2. The Balaban J connectivity index is 1.95. The van der Waals surface area contributed by atoms with Crippen LogP contribution < -0.4 is 5.73 Å². The molecule has 22 heavy (non-hydrogen) atoms. The van der Waals surface area contributed by atoms with Crippen molar-refractivity contribution in [3.63, 3.8) is 0 Å². The van der Waals surface area contributed by atoms with Gasteiger partial charge >= 0.3 is 0 Å². The van der Waals surface area contributed by atoms with Gasteiger partial charge in [0.15, 0.2) is 0 Å². The van der Waals surface area contributed by atoms with E-state index in [0.717, 1.165) is 19.3 Å². The molecule has 1 saturated heterocycles. The Morgan fingerprint density at radius 3 is 2.55 bits per heavy atom. The number of carbonyl (C=O) groups is 1. The van der Waals surface area contributed by atoms with E-state index in [1.807, 2.05) is 13.8 Å². The monoisotopic (exact) mass is 328 g/mol. The van der Waals surface area contributed by atoms with E-state index in [9.17, 15) is 13.2 Å². The molecule has 1 amide bonds. The molecule has 0 aromatic carbocycles. The number of carbonyl (C=O) groups excluding carboxylic acids is 1. The summed E-state index contributed by atoms with van der Waals surface area (Å²) in [7, 11) is -3.54. The number of amides is 1. The molecule has 1 aliphatic heterocycles. The van der Waals surface area contributed by atoms with Crippen LogP contribution in [0.3, 0.4) is 0 Å². The van der Waals surface area contributed by atoms with Crippen molar-refractivity contribution in [2.75, 3.05) is 5.75 Å². The average Bonchev–Trinajstić information content (AvgIpc) is 2.83. The van der Waals surface area contributed by atoms with E-state index in [0.29, 0.717) is 12.3 Å². The smallest absolute Gasteiger partial charge is 0.253 e. The van der Waals surface area contributed by atoms with E-state index >= 15 is 0 Å². The predicted octanol–water partition coefficient (Wildman–Crippen LogP) is 1.73. The summed E-state index contributed by atoms with van der Waals surface area (Å²) in [6, 6.07) is -0.885. The van der Waals surface area contributed by atoms with Crippen LogP contribution in [0.15, 0.2) is 0 Å². The SMILES string of the molecule is CC(C)C[C@@H](N)C(=O)N1[C@H]2C[C@@H]3CC[C@@]2(CS1(=O)=O)C3(C)C. The summed E-state index contributed by atoms with van der Waals surface area (Å²) >= 11 is 0.